The van der Waals surface area contributed by atoms with Crippen molar-refractivity contribution in [2.24, 2.45) is 0 Å². The highest BCUT2D eigenvalue weighted by atomic mass is 16.6. The Hall–Kier alpha value is -1.65. The highest BCUT2D eigenvalue weighted by molar-refractivity contribution is 5.69. The summed E-state index contributed by atoms with van der Waals surface area (Å²) in [6.07, 6.45) is 57.5. The molecular weight excluding hydrogens is 629 g/mol. The van der Waals surface area contributed by atoms with E-state index in [9.17, 15) is 9.90 Å². The van der Waals surface area contributed by atoms with E-state index >= 15 is 0 Å². The minimum Gasteiger partial charge on any atom is -0.457 e. The van der Waals surface area contributed by atoms with Gasteiger partial charge in [0, 0.05) is 13.0 Å². The molecule has 0 radical (unpaired) electrons. The van der Waals surface area contributed by atoms with Gasteiger partial charge >= 0.3 is 5.97 Å². The lowest BCUT2D eigenvalue weighted by Crippen LogP contribution is -2.27. The number of esters is 1. The van der Waals surface area contributed by atoms with Gasteiger partial charge in [-0.2, -0.15) is 0 Å². The third-order valence-corrected chi connectivity index (χ3v) is 9.63. The van der Waals surface area contributed by atoms with Gasteiger partial charge in [0.25, 0.3) is 0 Å². The van der Waals surface area contributed by atoms with Crippen LogP contribution in [0.4, 0.5) is 0 Å². The van der Waals surface area contributed by atoms with E-state index in [0.29, 0.717) is 19.6 Å². The number of aliphatic hydroxyl groups is 1. The Morgan fingerprint density at radius 3 is 1.27 bits per heavy atom. The maximum Gasteiger partial charge on any atom is 0.306 e. The summed E-state index contributed by atoms with van der Waals surface area (Å²) in [6, 6.07) is 0. The average Bonchev–Trinajstić information content (AvgIpc) is 3.14. The quantitative estimate of drug-likeness (QED) is 0.0389. The van der Waals surface area contributed by atoms with E-state index in [1.54, 1.807) is 0 Å². The minimum absolute atomic E-state index is 0.176. The molecule has 0 heterocycles. The number of aliphatic hydroxyl groups excluding tert-OH is 1. The number of carbonyl (C=O) groups is 1. The van der Waals surface area contributed by atoms with Gasteiger partial charge < -0.3 is 14.6 Å². The zero-order chi connectivity index (χ0) is 37.0. The summed E-state index contributed by atoms with van der Waals surface area (Å²) in [5.41, 5.74) is 0. The number of unbranched alkanes of at least 4 members (excludes halogenated alkanes) is 25. The monoisotopic (exact) mass is 715 g/mol. The van der Waals surface area contributed by atoms with Crippen molar-refractivity contribution in [2.75, 3.05) is 19.8 Å². The van der Waals surface area contributed by atoms with Gasteiger partial charge in [-0.15, -0.1) is 0 Å². The molecule has 0 aliphatic heterocycles. The predicted molar refractivity (Wildman–Crippen MR) is 223 cm³/mol. The minimum atomic E-state index is -0.540. The van der Waals surface area contributed by atoms with Crippen LogP contribution in [0.1, 0.15) is 219 Å². The Labute approximate surface area is 318 Å². The molecule has 1 unspecified atom stereocenters. The van der Waals surface area contributed by atoms with Crippen LogP contribution in [-0.4, -0.2) is 37.0 Å². The Morgan fingerprint density at radius 2 is 0.824 bits per heavy atom. The molecule has 0 rings (SSSR count). The standard InChI is InChI=1S/C47H86O4/c1-3-5-7-9-11-13-15-17-18-19-20-21-22-23-24-25-26-27-28-29-31-33-35-37-39-41-43-50-45-46(44-48)51-47(49)42-40-38-36-34-32-30-16-14-12-10-8-6-4-2/h14-17,19-20,22-23,46,48H,3-13,18,21,24-45H2,1-2H3/b16-14-,17-15-,20-19-,23-22-. The summed E-state index contributed by atoms with van der Waals surface area (Å²) in [7, 11) is 0. The molecule has 4 heteroatoms. The Balaban J connectivity index is 3.42. The van der Waals surface area contributed by atoms with Crippen LogP contribution in [0, 0.1) is 0 Å². The second-order valence-corrected chi connectivity index (χ2v) is 14.8. The van der Waals surface area contributed by atoms with Crippen LogP contribution in [0.25, 0.3) is 0 Å². The van der Waals surface area contributed by atoms with Crippen molar-refractivity contribution in [1.82, 2.24) is 0 Å². The Morgan fingerprint density at radius 1 is 0.471 bits per heavy atom. The molecule has 1 atom stereocenters. The van der Waals surface area contributed by atoms with Gasteiger partial charge in [0.1, 0.15) is 6.10 Å². The number of hydrogen-bond acceptors (Lipinski definition) is 4. The van der Waals surface area contributed by atoms with E-state index in [1.165, 1.54) is 167 Å². The molecule has 0 aromatic rings. The highest BCUT2D eigenvalue weighted by Gasteiger charge is 2.13. The molecule has 0 saturated carbocycles. The summed E-state index contributed by atoms with van der Waals surface area (Å²) in [6.45, 7) is 5.31. The number of carbonyl (C=O) groups excluding carboxylic acids is 1. The van der Waals surface area contributed by atoms with E-state index in [0.717, 1.165) is 32.1 Å². The molecule has 51 heavy (non-hydrogen) atoms. The Bertz CT molecular complexity index is 798. The summed E-state index contributed by atoms with van der Waals surface area (Å²) < 4.78 is 11.2. The largest absolute Gasteiger partial charge is 0.457 e. The van der Waals surface area contributed by atoms with Gasteiger partial charge in [0.15, 0.2) is 0 Å². The molecule has 4 nitrogen and oxygen atoms in total. The van der Waals surface area contributed by atoms with Crippen molar-refractivity contribution in [2.45, 2.75) is 225 Å². The summed E-state index contributed by atoms with van der Waals surface area (Å²) in [5, 5.41) is 9.59. The van der Waals surface area contributed by atoms with Crippen LogP contribution in [0.2, 0.25) is 0 Å². The molecule has 0 spiro atoms. The number of ether oxygens (including phenoxy) is 2. The smallest absolute Gasteiger partial charge is 0.306 e. The zero-order valence-electron chi connectivity index (χ0n) is 34.1. The fraction of sp³-hybridized carbons (Fsp3) is 0.809. The molecule has 1 N–H and O–H groups in total. The highest BCUT2D eigenvalue weighted by Crippen LogP contribution is 2.13. The first-order valence-corrected chi connectivity index (χ1v) is 22.2. The summed E-state index contributed by atoms with van der Waals surface area (Å²) in [4.78, 5) is 12.2. The second-order valence-electron chi connectivity index (χ2n) is 14.8. The average molecular weight is 715 g/mol. The van der Waals surface area contributed by atoms with Crippen LogP contribution in [0.5, 0.6) is 0 Å². The topological polar surface area (TPSA) is 55.8 Å². The normalized spacial score (nSPS) is 12.8. The fourth-order valence-corrected chi connectivity index (χ4v) is 6.27. The fourth-order valence-electron chi connectivity index (χ4n) is 6.27. The van der Waals surface area contributed by atoms with Crippen molar-refractivity contribution >= 4 is 5.97 Å². The second kappa shape index (κ2) is 44.5. The van der Waals surface area contributed by atoms with Gasteiger partial charge in [-0.3, -0.25) is 4.79 Å². The first kappa shape index (κ1) is 49.4. The van der Waals surface area contributed by atoms with E-state index in [2.05, 4.69) is 62.5 Å². The lowest BCUT2D eigenvalue weighted by Gasteiger charge is -2.15. The zero-order valence-corrected chi connectivity index (χ0v) is 34.1. The van der Waals surface area contributed by atoms with Crippen molar-refractivity contribution in [1.29, 1.82) is 0 Å². The van der Waals surface area contributed by atoms with Crippen LogP contribution in [-0.2, 0) is 14.3 Å². The number of allylic oxidation sites excluding steroid dienone is 8. The third kappa shape index (κ3) is 42.7. The number of hydrogen-bond donors (Lipinski definition) is 1. The van der Waals surface area contributed by atoms with Crippen molar-refractivity contribution in [3.05, 3.63) is 48.6 Å². The van der Waals surface area contributed by atoms with Gasteiger partial charge in [-0.25, -0.2) is 0 Å². The van der Waals surface area contributed by atoms with E-state index in [-0.39, 0.29) is 12.6 Å². The molecule has 0 fully saturated rings. The number of rotatable bonds is 41. The van der Waals surface area contributed by atoms with Crippen LogP contribution < -0.4 is 0 Å². The summed E-state index contributed by atoms with van der Waals surface area (Å²) >= 11 is 0. The molecule has 0 saturated heterocycles. The van der Waals surface area contributed by atoms with Gasteiger partial charge in [0.2, 0.25) is 0 Å². The van der Waals surface area contributed by atoms with E-state index in [4.69, 9.17) is 9.47 Å². The molecular formula is C47H86O4. The predicted octanol–water partition coefficient (Wildman–Crippen LogP) is 14.7. The first-order valence-electron chi connectivity index (χ1n) is 22.2. The van der Waals surface area contributed by atoms with Crippen molar-refractivity contribution in [3.8, 4) is 0 Å². The summed E-state index contributed by atoms with van der Waals surface area (Å²) in [5.74, 6) is -0.211. The van der Waals surface area contributed by atoms with Crippen LogP contribution in [0.3, 0.4) is 0 Å². The van der Waals surface area contributed by atoms with Crippen LogP contribution >= 0.6 is 0 Å². The SMILES string of the molecule is CCCCCC/C=C\CCCCCCCC(=O)OC(CO)COCCCCCCCCCCCCC/C=C\C/C=C\C/C=C\CCCCCCC. The van der Waals surface area contributed by atoms with Crippen molar-refractivity contribution in [3.63, 3.8) is 0 Å². The molecule has 0 aliphatic rings. The molecule has 0 bridgehead atoms. The first-order chi connectivity index (χ1) is 25.2. The van der Waals surface area contributed by atoms with Gasteiger partial charge in [0.05, 0.1) is 13.2 Å². The molecule has 0 aromatic carbocycles. The third-order valence-electron chi connectivity index (χ3n) is 9.63. The van der Waals surface area contributed by atoms with Gasteiger partial charge in [-0.05, 0) is 77.0 Å². The molecule has 0 aromatic heterocycles. The van der Waals surface area contributed by atoms with Crippen LogP contribution in [0.15, 0.2) is 48.6 Å². The van der Waals surface area contributed by atoms with E-state index in [1.807, 2.05) is 0 Å². The molecule has 0 aliphatic carbocycles. The lowest BCUT2D eigenvalue weighted by molar-refractivity contribution is -0.154. The lowest BCUT2D eigenvalue weighted by atomic mass is 10.1. The Kier molecular flexibility index (Phi) is 43.1. The van der Waals surface area contributed by atoms with Crippen molar-refractivity contribution < 1.29 is 19.4 Å². The van der Waals surface area contributed by atoms with Gasteiger partial charge in [-0.1, -0.05) is 184 Å². The molecule has 0 amide bonds. The maximum absolute atomic E-state index is 12.2. The van der Waals surface area contributed by atoms with E-state index < -0.39 is 6.10 Å². The molecule has 298 valence electrons. The maximum atomic E-state index is 12.2.